The largest absolute Gasteiger partial charge is 0.375 e. The minimum absolute atomic E-state index is 0.907. The summed E-state index contributed by atoms with van der Waals surface area (Å²) < 4.78 is 0. The van der Waals surface area contributed by atoms with Crippen LogP contribution < -0.4 is 0 Å². The van der Waals surface area contributed by atoms with Gasteiger partial charge < -0.3 is 4.90 Å². The van der Waals surface area contributed by atoms with Crippen molar-refractivity contribution in [3.63, 3.8) is 0 Å². The summed E-state index contributed by atoms with van der Waals surface area (Å²) in [5.41, 5.74) is 3.47. The third-order valence-electron chi connectivity index (χ3n) is 2.79. The van der Waals surface area contributed by atoms with E-state index in [9.17, 15) is 0 Å². The van der Waals surface area contributed by atoms with E-state index in [-0.39, 0.29) is 0 Å². The average Bonchev–Trinajstić information content (AvgIpc) is 2.20. The fraction of sp³-hybridized carbons (Fsp3) is 0.583. The summed E-state index contributed by atoms with van der Waals surface area (Å²) in [5.74, 6) is 0. The highest BCUT2D eigenvalue weighted by molar-refractivity contribution is 5.38. The van der Waals surface area contributed by atoms with E-state index in [4.69, 9.17) is 5.26 Å². The lowest BCUT2D eigenvalue weighted by atomic mass is 9.97. The van der Waals surface area contributed by atoms with Crippen molar-refractivity contribution < 1.29 is 0 Å². The highest BCUT2D eigenvalue weighted by Gasteiger charge is 2.13. The van der Waals surface area contributed by atoms with E-state index in [1.54, 1.807) is 0 Å². The molecule has 0 aromatic heterocycles. The van der Waals surface area contributed by atoms with Crippen LogP contribution >= 0.6 is 0 Å². The summed E-state index contributed by atoms with van der Waals surface area (Å²) in [7, 11) is 0. The Morgan fingerprint density at radius 3 is 2.43 bits per heavy atom. The van der Waals surface area contributed by atoms with Crippen molar-refractivity contribution in [1.29, 1.82) is 5.26 Å². The van der Waals surface area contributed by atoms with E-state index in [0.717, 1.165) is 37.1 Å². The smallest absolute Gasteiger partial charge is 0.0950 e. The van der Waals surface area contributed by atoms with E-state index in [1.165, 1.54) is 5.70 Å². The van der Waals surface area contributed by atoms with Gasteiger partial charge >= 0.3 is 0 Å². The highest BCUT2D eigenvalue weighted by atomic mass is 15.1. The Labute approximate surface area is 86.5 Å². The first kappa shape index (κ1) is 10.8. The Kier molecular flexibility index (Phi) is 3.76. The van der Waals surface area contributed by atoms with Crippen LogP contribution in [0.1, 0.15) is 33.6 Å². The zero-order valence-electron chi connectivity index (χ0n) is 9.30. The standard InChI is InChI=1S/C12H18N2/c1-4-14(5-2)12-7-6-11(9-13)10(3)8-12/h8H,4-7H2,1-3H3. The van der Waals surface area contributed by atoms with Gasteiger partial charge in [0.2, 0.25) is 0 Å². The van der Waals surface area contributed by atoms with Crippen LogP contribution in [0.3, 0.4) is 0 Å². The SMILES string of the molecule is CCN(CC)C1=CC(C)=C(C#N)CC1. The molecule has 0 radical (unpaired) electrons. The molecule has 0 fully saturated rings. The minimum atomic E-state index is 0.907. The lowest BCUT2D eigenvalue weighted by Gasteiger charge is -2.27. The molecule has 0 saturated heterocycles. The molecule has 0 bridgehead atoms. The molecule has 0 aromatic rings. The first-order valence-electron chi connectivity index (χ1n) is 5.28. The summed E-state index contributed by atoms with van der Waals surface area (Å²) in [6, 6.07) is 2.27. The quantitative estimate of drug-likeness (QED) is 0.684. The van der Waals surface area contributed by atoms with Crippen LogP contribution in [-0.4, -0.2) is 18.0 Å². The third kappa shape index (κ3) is 2.17. The van der Waals surface area contributed by atoms with E-state index in [1.807, 2.05) is 6.92 Å². The van der Waals surface area contributed by atoms with Crippen LogP contribution in [0.4, 0.5) is 0 Å². The van der Waals surface area contributed by atoms with Crippen molar-refractivity contribution in [2.24, 2.45) is 0 Å². The summed E-state index contributed by atoms with van der Waals surface area (Å²) in [4.78, 5) is 2.36. The molecule has 0 N–H and O–H groups in total. The van der Waals surface area contributed by atoms with E-state index in [2.05, 4.69) is 30.9 Å². The fourth-order valence-corrected chi connectivity index (χ4v) is 1.88. The molecule has 0 heterocycles. The van der Waals surface area contributed by atoms with Crippen molar-refractivity contribution in [3.05, 3.63) is 22.9 Å². The second kappa shape index (κ2) is 4.85. The maximum atomic E-state index is 8.85. The van der Waals surface area contributed by atoms with Crippen LogP contribution in [-0.2, 0) is 0 Å². The van der Waals surface area contributed by atoms with Crippen molar-refractivity contribution in [2.75, 3.05) is 13.1 Å². The van der Waals surface area contributed by atoms with Gasteiger partial charge in [0.05, 0.1) is 6.07 Å². The molecular weight excluding hydrogens is 172 g/mol. The van der Waals surface area contributed by atoms with Gasteiger partial charge in [0, 0.05) is 24.4 Å². The molecule has 0 atom stereocenters. The topological polar surface area (TPSA) is 27.0 Å². The van der Waals surface area contributed by atoms with Crippen molar-refractivity contribution >= 4 is 0 Å². The van der Waals surface area contributed by atoms with Gasteiger partial charge in [0.15, 0.2) is 0 Å². The highest BCUT2D eigenvalue weighted by Crippen LogP contribution is 2.25. The van der Waals surface area contributed by atoms with Crippen LogP contribution in [0.5, 0.6) is 0 Å². The molecule has 0 unspecified atom stereocenters. The molecule has 1 aliphatic carbocycles. The molecule has 0 aliphatic heterocycles. The molecule has 1 aliphatic rings. The molecule has 0 saturated carbocycles. The van der Waals surface area contributed by atoms with Gasteiger partial charge in [0.25, 0.3) is 0 Å². The van der Waals surface area contributed by atoms with Crippen LogP contribution in [0.2, 0.25) is 0 Å². The minimum Gasteiger partial charge on any atom is -0.375 e. The summed E-state index contributed by atoms with van der Waals surface area (Å²) in [5, 5.41) is 8.85. The van der Waals surface area contributed by atoms with Crippen LogP contribution in [0.15, 0.2) is 22.9 Å². The maximum absolute atomic E-state index is 8.85. The predicted octanol–water partition coefficient (Wildman–Crippen LogP) is 2.85. The van der Waals surface area contributed by atoms with E-state index < -0.39 is 0 Å². The summed E-state index contributed by atoms with van der Waals surface area (Å²) >= 11 is 0. The molecule has 2 nitrogen and oxygen atoms in total. The number of rotatable bonds is 3. The Bertz CT molecular complexity index is 301. The van der Waals surface area contributed by atoms with Gasteiger partial charge in [-0.1, -0.05) is 0 Å². The molecular formula is C12H18N2. The van der Waals surface area contributed by atoms with E-state index >= 15 is 0 Å². The number of nitriles is 1. The molecule has 0 amide bonds. The molecule has 14 heavy (non-hydrogen) atoms. The van der Waals surface area contributed by atoms with Gasteiger partial charge in [-0.25, -0.2) is 0 Å². The Morgan fingerprint density at radius 2 is 2.00 bits per heavy atom. The molecule has 0 aromatic carbocycles. The average molecular weight is 190 g/mol. The van der Waals surface area contributed by atoms with E-state index in [0.29, 0.717) is 0 Å². The Morgan fingerprint density at radius 1 is 1.36 bits per heavy atom. The fourth-order valence-electron chi connectivity index (χ4n) is 1.88. The predicted molar refractivity (Wildman–Crippen MR) is 58.6 cm³/mol. The second-order valence-electron chi connectivity index (χ2n) is 3.58. The molecule has 1 rings (SSSR count). The van der Waals surface area contributed by atoms with Gasteiger partial charge in [0.1, 0.15) is 0 Å². The lowest BCUT2D eigenvalue weighted by Crippen LogP contribution is -2.23. The molecule has 0 spiro atoms. The van der Waals surface area contributed by atoms with Gasteiger partial charge in [-0.15, -0.1) is 0 Å². The maximum Gasteiger partial charge on any atom is 0.0950 e. The monoisotopic (exact) mass is 190 g/mol. The first-order chi connectivity index (χ1) is 6.72. The van der Waals surface area contributed by atoms with Gasteiger partial charge in [-0.05, 0) is 45.3 Å². The van der Waals surface area contributed by atoms with Gasteiger partial charge in [-0.3, -0.25) is 0 Å². The van der Waals surface area contributed by atoms with Crippen molar-refractivity contribution in [3.8, 4) is 6.07 Å². The number of allylic oxidation sites excluding steroid dienone is 4. The van der Waals surface area contributed by atoms with Crippen LogP contribution in [0.25, 0.3) is 0 Å². The summed E-state index contributed by atoms with van der Waals surface area (Å²) in [6.45, 7) is 8.47. The normalized spacial score (nSPS) is 16.3. The second-order valence-corrected chi connectivity index (χ2v) is 3.58. The lowest BCUT2D eigenvalue weighted by molar-refractivity contribution is 0.366. The zero-order valence-corrected chi connectivity index (χ0v) is 9.30. The molecule has 2 heteroatoms. The number of nitrogens with zero attached hydrogens (tertiary/aromatic N) is 2. The van der Waals surface area contributed by atoms with Gasteiger partial charge in [-0.2, -0.15) is 5.26 Å². The zero-order chi connectivity index (χ0) is 10.6. The number of hydrogen-bond acceptors (Lipinski definition) is 2. The third-order valence-corrected chi connectivity index (χ3v) is 2.79. The summed E-state index contributed by atoms with van der Waals surface area (Å²) in [6.07, 6.45) is 4.08. The van der Waals surface area contributed by atoms with Crippen LogP contribution in [0, 0.1) is 11.3 Å². The first-order valence-corrected chi connectivity index (χ1v) is 5.28. The van der Waals surface area contributed by atoms with Crippen molar-refractivity contribution in [1.82, 2.24) is 4.90 Å². The Hall–Kier alpha value is -1.23. The Balaban J connectivity index is 2.86. The number of hydrogen-bond donors (Lipinski definition) is 0. The molecule has 76 valence electrons. The van der Waals surface area contributed by atoms with Crippen molar-refractivity contribution in [2.45, 2.75) is 33.6 Å².